The molecule has 0 N–H and O–H groups in total. The van der Waals surface area contributed by atoms with Gasteiger partial charge in [0.15, 0.2) is 5.69 Å². The number of hydrogen-bond acceptors (Lipinski definition) is 5. The molecule has 0 aromatic carbocycles. The van der Waals surface area contributed by atoms with Gasteiger partial charge in [-0.15, -0.1) is 0 Å². The fraction of sp³-hybridized carbons (Fsp3) is 0.556. The third-order valence-corrected chi connectivity index (χ3v) is 3.26. The number of nitrogens with zero attached hydrogens (tertiary/aromatic N) is 4. The van der Waals surface area contributed by atoms with E-state index in [4.69, 9.17) is 4.74 Å². The highest BCUT2D eigenvalue weighted by molar-refractivity contribution is 5.24. The molecule has 2 rings (SSSR count). The summed E-state index contributed by atoms with van der Waals surface area (Å²) in [4.78, 5) is 15.4. The van der Waals surface area contributed by atoms with Crippen LogP contribution in [0, 0.1) is 0 Å². The van der Waals surface area contributed by atoms with Crippen LogP contribution in [0.5, 0.6) is 5.88 Å². The first kappa shape index (κ1) is 21.8. The zero-order chi connectivity index (χ0) is 20.2. The lowest BCUT2D eigenvalue weighted by Gasteiger charge is -2.18. The largest absolute Gasteiger partial charge is 0.480 e. The summed E-state index contributed by atoms with van der Waals surface area (Å²) < 4.78 is 41.9. The van der Waals surface area contributed by atoms with Gasteiger partial charge < -0.3 is 4.74 Å². The van der Waals surface area contributed by atoms with Crippen molar-refractivity contribution >= 4 is 0 Å². The summed E-state index contributed by atoms with van der Waals surface area (Å²) >= 11 is 0. The molecule has 5 nitrogen and oxygen atoms in total. The molecule has 0 saturated heterocycles. The molecule has 0 radical (unpaired) electrons. The zero-order valence-corrected chi connectivity index (χ0v) is 16.1. The van der Waals surface area contributed by atoms with Crippen molar-refractivity contribution in [3.63, 3.8) is 0 Å². The second-order valence-corrected chi connectivity index (χ2v) is 7.70. The van der Waals surface area contributed by atoms with E-state index >= 15 is 0 Å². The first-order chi connectivity index (χ1) is 11.8. The van der Waals surface area contributed by atoms with Crippen molar-refractivity contribution in [2.45, 2.75) is 58.5 Å². The first-order valence-corrected chi connectivity index (χ1v) is 8.02. The van der Waals surface area contributed by atoms with Gasteiger partial charge in [-0.25, -0.2) is 9.97 Å². The van der Waals surface area contributed by atoms with E-state index in [1.165, 1.54) is 6.20 Å². The molecule has 2 aromatic heterocycles. The van der Waals surface area contributed by atoms with Gasteiger partial charge in [-0.05, 0) is 0 Å². The van der Waals surface area contributed by atoms with Crippen LogP contribution in [0.4, 0.5) is 13.2 Å². The molecule has 0 spiro atoms. The monoisotopic (exact) mass is 370 g/mol. The van der Waals surface area contributed by atoms with Gasteiger partial charge in [-0.3, -0.25) is 9.97 Å². The second-order valence-electron chi connectivity index (χ2n) is 7.70. The van der Waals surface area contributed by atoms with Gasteiger partial charge >= 0.3 is 6.18 Å². The topological polar surface area (TPSA) is 60.8 Å². The molecule has 0 amide bonds. The molecule has 8 heteroatoms. The van der Waals surface area contributed by atoms with Crippen LogP contribution in [0.3, 0.4) is 0 Å². The van der Waals surface area contributed by atoms with Crippen molar-refractivity contribution in [3.8, 4) is 5.88 Å². The van der Waals surface area contributed by atoms with Crippen LogP contribution in [0.15, 0.2) is 24.8 Å². The van der Waals surface area contributed by atoms with E-state index in [1.54, 1.807) is 40.3 Å². The van der Waals surface area contributed by atoms with Gasteiger partial charge in [0.2, 0.25) is 5.88 Å². The van der Waals surface area contributed by atoms with Gasteiger partial charge in [0, 0.05) is 29.4 Å². The Morgan fingerprint density at radius 1 is 0.808 bits per heavy atom. The number of aromatic nitrogens is 4. The minimum absolute atomic E-state index is 0.0143. The summed E-state index contributed by atoms with van der Waals surface area (Å²) in [6.45, 7) is 11.6. The predicted octanol–water partition coefficient (Wildman–Crippen LogP) is 4.58. The highest BCUT2D eigenvalue weighted by atomic mass is 19.4. The average Bonchev–Trinajstić information content (AvgIpc) is 2.53. The number of methoxy groups -OCH3 is 1. The standard InChI is InChI=1S/C9H11F3N2.C9H14N2O/c1-8(2,3)6-4-13-5-7(14-6)9(10,11)12;1-9(2,3)7-8(12-4)11-6-5-10-7/h4-5H,1-3H3;5-6H,1-4H3. The molecule has 26 heavy (non-hydrogen) atoms. The van der Waals surface area contributed by atoms with Crippen LogP contribution in [-0.4, -0.2) is 27.0 Å². The molecule has 0 atom stereocenters. The third kappa shape index (κ3) is 6.24. The summed E-state index contributed by atoms with van der Waals surface area (Å²) in [5.41, 5.74) is -0.141. The summed E-state index contributed by atoms with van der Waals surface area (Å²) in [7, 11) is 1.61. The van der Waals surface area contributed by atoms with E-state index < -0.39 is 17.3 Å². The summed E-state index contributed by atoms with van der Waals surface area (Å²) in [5.74, 6) is 0.616. The Morgan fingerprint density at radius 2 is 1.35 bits per heavy atom. The Hall–Kier alpha value is -2.25. The van der Waals surface area contributed by atoms with E-state index in [-0.39, 0.29) is 5.41 Å². The SMILES string of the molecule is CC(C)(C)c1cncc(C(F)(F)F)n1.COc1nccnc1C(C)(C)C. The van der Waals surface area contributed by atoms with Crippen molar-refractivity contribution in [2.75, 3.05) is 7.11 Å². The molecule has 0 fully saturated rings. The molecule has 0 aliphatic heterocycles. The maximum atomic E-state index is 12.3. The van der Waals surface area contributed by atoms with Gasteiger partial charge in [-0.1, -0.05) is 41.5 Å². The Kier molecular flexibility index (Phi) is 6.68. The summed E-state index contributed by atoms with van der Waals surface area (Å²) in [6, 6.07) is 0. The van der Waals surface area contributed by atoms with Crippen molar-refractivity contribution < 1.29 is 17.9 Å². The normalized spacial score (nSPS) is 12.2. The molecule has 0 unspecified atom stereocenters. The lowest BCUT2D eigenvalue weighted by atomic mass is 9.92. The first-order valence-electron chi connectivity index (χ1n) is 8.02. The highest BCUT2D eigenvalue weighted by Gasteiger charge is 2.34. The summed E-state index contributed by atoms with van der Waals surface area (Å²) in [6.07, 6.45) is 0.982. The van der Waals surface area contributed by atoms with Crippen molar-refractivity contribution in [3.05, 3.63) is 41.9 Å². The zero-order valence-electron chi connectivity index (χ0n) is 16.1. The van der Waals surface area contributed by atoms with Gasteiger partial charge in [0.25, 0.3) is 0 Å². The van der Waals surface area contributed by atoms with E-state index in [0.717, 1.165) is 11.9 Å². The van der Waals surface area contributed by atoms with Crippen molar-refractivity contribution in [2.24, 2.45) is 0 Å². The number of hydrogen-bond donors (Lipinski definition) is 0. The fourth-order valence-electron chi connectivity index (χ4n) is 1.85. The fourth-order valence-corrected chi connectivity index (χ4v) is 1.85. The lowest BCUT2D eigenvalue weighted by Crippen LogP contribution is -2.18. The number of rotatable bonds is 1. The van der Waals surface area contributed by atoms with Crippen LogP contribution >= 0.6 is 0 Å². The van der Waals surface area contributed by atoms with Crippen molar-refractivity contribution in [1.82, 2.24) is 19.9 Å². The Bertz CT molecular complexity index is 690. The predicted molar refractivity (Wildman–Crippen MR) is 93.0 cm³/mol. The van der Waals surface area contributed by atoms with E-state index in [2.05, 4.69) is 40.7 Å². The molecule has 2 aromatic rings. The quantitative estimate of drug-likeness (QED) is 0.736. The maximum Gasteiger partial charge on any atom is 0.434 e. The van der Waals surface area contributed by atoms with Crippen LogP contribution < -0.4 is 4.74 Å². The Labute approximate surface area is 152 Å². The molecule has 144 valence electrons. The molecular weight excluding hydrogens is 345 g/mol. The highest BCUT2D eigenvalue weighted by Crippen LogP contribution is 2.29. The molecule has 0 saturated carbocycles. The van der Waals surface area contributed by atoms with Crippen LogP contribution in [0.2, 0.25) is 0 Å². The van der Waals surface area contributed by atoms with E-state index in [9.17, 15) is 13.2 Å². The van der Waals surface area contributed by atoms with Gasteiger partial charge in [0.1, 0.15) is 5.69 Å². The smallest absolute Gasteiger partial charge is 0.434 e. The molecular formula is C18H25F3N4O. The lowest BCUT2D eigenvalue weighted by molar-refractivity contribution is -0.141. The second kappa shape index (κ2) is 7.97. The molecule has 0 aliphatic rings. The molecule has 0 aliphatic carbocycles. The minimum atomic E-state index is -4.42. The van der Waals surface area contributed by atoms with E-state index in [1.807, 2.05) is 0 Å². The summed E-state index contributed by atoms with van der Waals surface area (Å²) in [5, 5.41) is 0. The number of halogens is 3. The van der Waals surface area contributed by atoms with E-state index in [0.29, 0.717) is 11.6 Å². The Morgan fingerprint density at radius 3 is 1.77 bits per heavy atom. The number of ether oxygens (including phenoxy) is 1. The third-order valence-electron chi connectivity index (χ3n) is 3.26. The number of alkyl halides is 3. The molecule has 0 bridgehead atoms. The van der Waals surface area contributed by atoms with Gasteiger partial charge in [0.05, 0.1) is 19.0 Å². The van der Waals surface area contributed by atoms with Gasteiger partial charge in [-0.2, -0.15) is 13.2 Å². The maximum absolute atomic E-state index is 12.3. The van der Waals surface area contributed by atoms with Crippen LogP contribution in [-0.2, 0) is 17.0 Å². The average molecular weight is 370 g/mol. The van der Waals surface area contributed by atoms with Crippen LogP contribution in [0.25, 0.3) is 0 Å². The minimum Gasteiger partial charge on any atom is -0.480 e. The van der Waals surface area contributed by atoms with Crippen molar-refractivity contribution in [1.29, 1.82) is 0 Å². The Balaban J connectivity index is 0.000000263. The van der Waals surface area contributed by atoms with Crippen LogP contribution in [0.1, 0.15) is 58.6 Å². The molecule has 2 heterocycles.